The lowest BCUT2D eigenvalue weighted by atomic mass is 10.1. The van der Waals surface area contributed by atoms with Crippen molar-refractivity contribution in [3.05, 3.63) is 58.1 Å². The maximum atomic E-state index is 12.2. The molecule has 2 aromatic rings. The average molecular weight is 369 g/mol. The molecule has 21 heavy (non-hydrogen) atoms. The molecule has 2 aromatic carbocycles. The highest BCUT2D eigenvalue weighted by atomic mass is 79.9. The molecule has 0 heterocycles. The summed E-state index contributed by atoms with van der Waals surface area (Å²) in [5, 5.41) is 0. The summed E-state index contributed by atoms with van der Waals surface area (Å²) in [5.74, 6) is 0. The minimum Gasteiger partial charge on any atom is -0.399 e. The van der Waals surface area contributed by atoms with E-state index in [0.29, 0.717) is 23.1 Å². The van der Waals surface area contributed by atoms with Crippen LogP contribution in [0.2, 0.25) is 0 Å². The van der Waals surface area contributed by atoms with Crippen LogP contribution in [0.3, 0.4) is 0 Å². The van der Waals surface area contributed by atoms with Crippen LogP contribution in [-0.4, -0.2) is 15.0 Å². The number of nitrogens with two attached hydrogens (primary N) is 1. The van der Waals surface area contributed by atoms with Gasteiger partial charge in [-0.2, -0.15) is 0 Å². The van der Waals surface area contributed by atoms with E-state index in [2.05, 4.69) is 20.7 Å². The molecule has 0 aliphatic heterocycles. The molecule has 4 nitrogen and oxygen atoms in total. The zero-order chi connectivity index (χ0) is 15.5. The highest BCUT2D eigenvalue weighted by Crippen LogP contribution is 2.22. The lowest BCUT2D eigenvalue weighted by molar-refractivity contribution is 0.581. The number of benzene rings is 2. The molecule has 0 aromatic heterocycles. The molecule has 0 fully saturated rings. The third kappa shape index (κ3) is 4.30. The second kappa shape index (κ2) is 6.60. The minimum absolute atomic E-state index is 0.255. The Morgan fingerprint density at radius 2 is 1.81 bits per heavy atom. The van der Waals surface area contributed by atoms with Gasteiger partial charge in [-0.05, 0) is 64.7 Å². The van der Waals surface area contributed by atoms with Gasteiger partial charge >= 0.3 is 0 Å². The Morgan fingerprint density at radius 3 is 2.43 bits per heavy atom. The predicted molar refractivity (Wildman–Crippen MR) is 88.6 cm³/mol. The van der Waals surface area contributed by atoms with Crippen molar-refractivity contribution in [1.29, 1.82) is 0 Å². The van der Waals surface area contributed by atoms with Gasteiger partial charge in [-0.15, -0.1) is 0 Å². The summed E-state index contributed by atoms with van der Waals surface area (Å²) in [6.45, 7) is 2.25. The fraction of sp³-hybridized carbons (Fsp3) is 0.200. The molecule has 6 heteroatoms. The van der Waals surface area contributed by atoms with Crippen molar-refractivity contribution in [1.82, 2.24) is 4.72 Å². The van der Waals surface area contributed by atoms with Crippen molar-refractivity contribution in [3.8, 4) is 0 Å². The van der Waals surface area contributed by atoms with Crippen molar-refractivity contribution in [2.24, 2.45) is 0 Å². The Labute approximate surface area is 133 Å². The normalized spacial score (nSPS) is 11.5. The van der Waals surface area contributed by atoms with Gasteiger partial charge in [0.2, 0.25) is 10.0 Å². The van der Waals surface area contributed by atoms with Gasteiger partial charge in [-0.25, -0.2) is 13.1 Å². The van der Waals surface area contributed by atoms with Crippen LogP contribution in [-0.2, 0) is 16.4 Å². The first kappa shape index (κ1) is 16.0. The lowest BCUT2D eigenvalue weighted by Crippen LogP contribution is -2.26. The molecule has 112 valence electrons. The third-order valence-electron chi connectivity index (χ3n) is 3.06. The van der Waals surface area contributed by atoms with Crippen LogP contribution in [0.1, 0.15) is 11.1 Å². The smallest absolute Gasteiger partial charge is 0.241 e. The Hall–Kier alpha value is -1.37. The van der Waals surface area contributed by atoms with Gasteiger partial charge in [0.15, 0.2) is 0 Å². The van der Waals surface area contributed by atoms with Gasteiger partial charge in [-0.1, -0.05) is 18.2 Å². The summed E-state index contributed by atoms with van der Waals surface area (Å²) in [6, 6.07) is 12.6. The first-order valence-electron chi connectivity index (χ1n) is 6.49. The zero-order valence-corrected chi connectivity index (χ0v) is 14.0. The van der Waals surface area contributed by atoms with Gasteiger partial charge in [0.05, 0.1) is 4.90 Å². The SMILES string of the molecule is Cc1ccc(S(=O)(=O)NCCc2ccc(N)cc2)c(Br)c1. The van der Waals surface area contributed by atoms with Crippen LogP contribution in [0, 0.1) is 6.92 Å². The average Bonchev–Trinajstić information content (AvgIpc) is 2.40. The van der Waals surface area contributed by atoms with Gasteiger partial charge in [0, 0.05) is 16.7 Å². The number of halogens is 1. The summed E-state index contributed by atoms with van der Waals surface area (Å²) >= 11 is 3.29. The molecule has 3 N–H and O–H groups in total. The second-order valence-electron chi connectivity index (χ2n) is 4.82. The number of aryl methyl sites for hydroxylation is 1. The van der Waals surface area contributed by atoms with Gasteiger partial charge in [-0.3, -0.25) is 0 Å². The molecular weight excluding hydrogens is 352 g/mol. The largest absolute Gasteiger partial charge is 0.399 e. The fourth-order valence-corrected chi connectivity index (χ4v) is 4.14. The van der Waals surface area contributed by atoms with E-state index in [0.717, 1.165) is 11.1 Å². The molecule has 0 unspecified atom stereocenters. The Balaban J connectivity index is 2.03. The maximum absolute atomic E-state index is 12.2. The number of rotatable bonds is 5. The molecular formula is C15H17BrN2O2S. The summed E-state index contributed by atoms with van der Waals surface area (Å²) in [7, 11) is -3.51. The van der Waals surface area contributed by atoms with Crippen molar-refractivity contribution in [2.45, 2.75) is 18.2 Å². The minimum atomic E-state index is -3.51. The van der Waals surface area contributed by atoms with Crippen molar-refractivity contribution >= 4 is 31.6 Å². The molecule has 0 radical (unpaired) electrons. The molecule has 0 amide bonds. The van der Waals surface area contributed by atoms with Crippen LogP contribution < -0.4 is 10.5 Å². The highest BCUT2D eigenvalue weighted by molar-refractivity contribution is 9.10. The standard InChI is InChI=1S/C15H17BrN2O2S/c1-11-2-7-15(14(16)10-11)21(19,20)18-9-8-12-3-5-13(17)6-4-12/h2-7,10,18H,8-9,17H2,1H3. The van der Waals surface area contributed by atoms with Gasteiger partial charge in [0.25, 0.3) is 0 Å². The van der Waals surface area contributed by atoms with E-state index in [1.165, 1.54) is 0 Å². The Bertz CT molecular complexity index is 728. The number of anilines is 1. The number of hydrogen-bond acceptors (Lipinski definition) is 3. The topological polar surface area (TPSA) is 72.2 Å². The lowest BCUT2D eigenvalue weighted by Gasteiger charge is -2.09. The Morgan fingerprint density at radius 1 is 1.14 bits per heavy atom. The van der Waals surface area contributed by atoms with Crippen LogP contribution in [0.5, 0.6) is 0 Å². The fourth-order valence-electron chi connectivity index (χ4n) is 1.92. The van der Waals surface area contributed by atoms with Gasteiger partial charge < -0.3 is 5.73 Å². The second-order valence-corrected chi connectivity index (χ2v) is 7.41. The van der Waals surface area contributed by atoms with E-state index in [9.17, 15) is 8.42 Å². The summed E-state index contributed by atoms with van der Waals surface area (Å²) in [6.07, 6.45) is 0.614. The van der Waals surface area contributed by atoms with E-state index in [1.54, 1.807) is 30.3 Å². The first-order chi connectivity index (χ1) is 9.88. The molecule has 0 aliphatic carbocycles. The molecule has 0 aliphatic rings. The molecule has 0 atom stereocenters. The molecule has 0 saturated carbocycles. The first-order valence-corrected chi connectivity index (χ1v) is 8.76. The summed E-state index contributed by atoms with van der Waals surface area (Å²) < 4.78 is 27.7. The molecule has 0 bridgehead atoms. The zero-order valence-electron chi connectivity index (χ0n) is 11.6. The van der Waals surface area contributed by atoms with Crippen molar-refractivity contribution in [3.63, 3.8) is 0 Å². The van der Waals surface area contributed by atoms with Crippen LogP contribution in [0.25, 0.3) is 0 Å². The van der Waals surface area contributed by atoms with E-state index in [-0.39, 0.29) is 4.90 Å². The van der Waals surface area contributed by atoms with E-state index in [4.69, 9.17) is 5.73 Å². The number of nitrogens with one attached hydrogen (secondary N) is 1. The van der Waals surface area contributed by atoms with E-state index >= 15 is 0 Å². The summed E-state index contributed by atoms with van der Waals surface area (Å²) in [4.78, 5) is 0.255. The molecule has 0 saturated heterocycles. The molecule has 0 spiro atoms. The quantitative estimate of drug-likeness (QED) is 0.796. The van der Waals surface area contributed by atoms with Crippen molar-refractivity contribution < 1.29 is 8.42 Å². The highest BCUT2D eigenvalue weighted by Gasteiger charge is 2.16. The van der Waals surface area contributed by atoms with Crippen molar-refractivity contribution in [2.75, 3.05) is 12.3 Å². The van der Waals surface area contributed by atoms with Crippen LogP contribution in [0.15, 0.2) is 51.8 Å². The number of hydrogen-bond donors (Lipinski definition) is 2. The molecule has 2 rings (SSSR count). The monoisotopic (exact) mass is 368 g/mol. The third-order valence-corrected chi connectivity index (χ3v) is 5.50. The predicted octanol–water partition coefficient (Wildman–Crippen LogP) is 2.86. The van der Waals surface area contributed by atoms with Gasteiger partial charge in [0.1, 0.15) is 0 Å². The maximum Gasteiger partial charge on any atom is 0.241 e. The van der Waals surface area contributed by atoms with E-state index < -0.39 is 10.0 Å². The summed E-state index contributed by atoms with van der Waals surface area (Å²) in [5.41, 5.74) is 8.35. The Kier molecular flexibility index (Phi) is 5.03. The van der Waals surface area contributed by atoms with Crippen LogP contribution >= 0.6 is 15.9 Å². The number of nitrogen functional groups attached to an aromatic ring is 1. The van der Waals surface area contributed by atoms with E-state index in [1.807, 2.05) is 19.1 Å². The number of sulfonamides is 1. The van der Waals surface area contributed by atoms with Crippen LogP contribution in [0.4, 0.5) is 5.69 Å².